The molecule has 102 valence electrons. The van der Waals surface area contributed by atoms with E-state index in [4.69, 9.17) is 9.47 Å². The number of rotatable bonds is 7. The molecule has 0 atom stereocenters. The molecule has 0 radical (unpaired) electrons. The summed E-state index contributed by atoms with van der Waals surface area (Å²) in [4.78, 5) is 0. The van der Waals surface area contributed by atoms with Crippen LogP contribution in [0.4, 0.5) is 0 Å². The van der Waals surface area contributed by atoms with E-state index in [0.29, 0.717) is 0 Å². The molecule has 0 aliphatic carbocycles. The van der Waals surface area contributed by atoms with Gasteiger partial charge in [0, 0.05) is 25.3 Å². The average Bonchev–Trinajstić information content (AvgIpc) is 2.47. The van der Waals surface area contributed by atoms with Crippen LogP contribution >= 0.6 is 0 Å². The molecule has 2 rings (SSSR count). The number of nitrogens with one attached hydrogen (secondary N) is 1. The minimum atomic E-state index is 0.740. The molecule has 0 spiro atoms. The van der Waals surface area contributed by atoms with Gasteiger partial charge in [-0.15, -0.1) is 0 Å². The van der Waals surface area contributed by atoms with Gasteiger partial charge in [0.05, 0.1) is 13.7 Å². The molecule has 0 amide bonds. The fourth-order valence-corrected chi connectivity index (χ4v) is 2.19. The highest BCUT2D eigenvalue weighted by Crippen LogP contribution is 2.27. The van der Waals surface area contributed by atoms with Crippen molar-refractivity contribution >= 4 is 10.8 Å². The first-order valence-corrected chi connectivity index (χ1v) is 6.70. The SMILES string of the molecule is CCOCCNCc1c(OC)ccc2ccccc12. The summed E-state index contributed by atoms with van der Waals surface area (Å²) in [6, 6.07) is 12.5. The topological polar surface area (TPSA) is 30.5 Å². The third-order valence-corrected chi connectivity index (χ3v) is 3.15. The molecular weight excluding hydrogens is 238 g/mol. The van der Waals surface area contributed by atoms with Crippen LogP contribution in [0.1, 0.15) is 12.5 Å². The predicted molar refractivity (Wildman–Crippen MR) is 78.7 cm³/mol. The smallest absolute Gasteiger partial charge is 0.123 e. The van der Waals surface area contributed by atoms with Crippen LogP contribution < -0.4 is 10.1 Å². The highest BCUT2D eigenvalue weighted by atomic mass is 16.5. The molecule has 1 N–H and O–H groups in total. The lowest BCUT2D eigenvalue weighted by molar-refractivity contribution is 0.149. The first-order valence-electron chi connectivity index (χ1n) is 6.70. The Balaban J connectivity index is 2.14. The molecule has 0 saturated carbocycles. The van der Waals surface area contributed by atoms with E-state index in [1.807, 2.05) is 13.0 Å². The molecule has 3 heteroatoms. The molecule has 0 fully saturated rings. The average molecular weight is 259 g/mol. The summed E-state index contributed by atoms with van der Waals surface area (Å²) < 4.78 is 10.8. The molecule has 2 aromatic rings. The lowest BCUT2D eigenvalue weighted by Gasteiger charge is -2.13. The van der Waals surface area contributed by atoms with Crippen molar-refractivity contribution in [2.45, 2.75) is 13.5 Å². The van der Waals surface area contributed by atoms with E-state index in [2.05, 4.69) is 35.6 Å². The fraction of sp³-hybridized carbons (Fsp3) is 0.375. The molecule has 0 heterocycles. The van der Waals surface area contributed by atoms with Crippen molar-refractivity contribution in [3.8, 4) is 5.75 Å². The number of fused-ring (bicyclic) bond motifs is 1. The normalized spacial score (nSPS) is 10.8. The van der Waals surface area contributed by atoms with Crippen molar-refractivity contribution < 1.29 is 9.47 Å². The van der Waals surface area contributed by atoms with Gasteiger partial charge in [-0.05, 0) is 23.8 Å². The van der Waals surface area contributed by atoms with Crippen molar-refractivity contribution in [1.29, 1.82) is 0 Å². The molecule has 0 aliphatic rings. The van der Waals surface area contributed by atoms with Gasteiger partial charge in [-0.1, -0.05) is 30.3 Å². The second kappa shape index (κ2) is 7.12. The third-order valence-electron chi connectivity index (χ3n) is 3.15. The lowest BCUT2D eigenvalue weighted by atomic mass is 10.0. The van der Waals surface area contributed by atoms with E-state index in [1.165, 1.54) is 16.3 Å². The number of ether oxygens (including phenoxy) is 2. The van der Waals surface area contributed by atoms with Crippen LogP contribution in [0.5, 0.6) is 5.75 Å². The van der Waals surface area contributed by atoms with Crippen LogP contribution in [0.15, 0.2) is 36.4 Å². The van der Waals surface area contributed by atoms with E-state index < -0.39 is 0 Å². The Bertz CT molecular complexity index is 525. The summed E-state index contributed by atoms with van der Waals surface area (Å²) >= 11 is 0. The van der Waals surface area contributed by atoms with Gasteiger partial charge < -0.3 is 14.8 Å². The Morgan fingerprint density at radius 3 is 2.74 bits per heavy atom. The predicted octanol–water partition coefficient (Wildman–Crippen LogP) is 2.97. The molecule has 3 nitrogen and oxygen atoms in total. The maximum atomic E-state index is 5.46. The zero-order valence-corrected chi connectivity index (χ0v) is 11.6. The van der Waals surface area contributed by atoms with E-state index in [9.17, 15) is 0 Å². The number of benzene rings is 2. The second-order valence-corrected chi connectivity index (χ2v) is 4.34. The van der Waals surface area contributed by atoms with Crippen LogP contribution in [0, 0.1) is 0 Å². The van der Waals surface area contributed by atoms with Crippen molar-refractivity contribution in [3.05, 3.63) is 42.0 Å². The number of hydrogen-bond acceptors (Lipinski definition) is 3. The first-order chi connectivity index (χ1) is 9.36. The van der Waals surface area contributed by atoms with E-state index in [1.54, 1.807) is 7.11 Å². The summed E-state index contributed by atoms with van der Waals surface area (Å²) in [5.41, 5.74) is 1.21. The van der Waals surface area contributed by atoms with Gasteiger partial charge in [-0.3, -0.25) is 0 Å². The van der Waals surface area contributed by atoms with Crippen LogP contribution in [0.3, 0.4) is 0 Å². The summed E-state index contributed by atoms with van der Waals surface area (Å²) in [7, 11) is 1.72. The van der Waals surface area contributed by atoms with Crippen molar-refractivity contribution in [2.24, 2.45) is 0 Å². The number of methoxy groups -OCH3 is 1. The first kappa shape index (κ1) is 13.8. The van der Waals surface area contributed by atoms with Gasteiger partial charge in [0.25, 0.3) is 0 Å². The van der Waals surface area contributed by atoms with Gasteiger partial charge in [-0.2, -0.15) is 0 Å². The molecule has 0 bridgehead atoms. The fourth-order valence-electron chi connectivity index (χ4n) is 2.19. The van der Waals surface area contributed by atoms with Gasteiger partial charge in [0.1, 0.15) is 5.75 Å². The van der Waals surface area contributed by atoms with Crippen molar-refractivity contribution in [1.82, 2.24) is 5.32 Å². The van der Waals surface area contributed by atoms with Crippen LogP contribution in [0.25, 0.3) is 10.8 Å². The highest BCUT2D eigenvalue weighted by Gasteiger charge is 2.07. The summed E-state index contributed by atoms with van der Waals surface area (Å²) in [6.45, 7) is 5.15. The number of hydrogen-bond donors (Lipinski definition) is 1. The third kappa shape index (κ3) is 3.46. The summed E-state index contributed by atoms with van der Waals surface area (Å²) in [5, 5.41) is 5.88. The molecule has 0 unspecified atom stereocenters. The second-order valence-electron chi connectivity index (χ2n) is 4.34. The van der Waals surface area contributed by atoms with Crippen molar-refractivity contribution in [3.63, 3.8) is 0 Å². The Labute approximate surface area is 114 Å². The standard InChI is InChI=1S/C16H21NO2/c1-3-19-11-10-17-12-15-14-7-5-4-6-13(14)8-9-16(15)18-2/h4-9,17H,3,10-12H2,1-2H3. The van der Waals surface area contributed by atoms with Gasteiger partial charge in [-0.25, -0.2) is 0 Å². The molecule has 2 aromatic carbocycles. The minimum Gasteiger partial charge on any atom is -0.496 e. The van der Waals surface area contributed by atoms with Crippen LogP contribution in [-0.4, -0.2) is 26.9 Å². The Morgan fingerprint density at radius 2 is 1.95 bits per heavy atom. The Kier molecular flexibility index (Phi) is 5.19. The minimum absolute atomic E-state index is 0.740. The van der Waals surface area contributed by atoms with Crippen LogP contribution in [0.2, 0.25) is 0 Å². The Hall–Kier alpha value is -1.58. The largest absolute Gasteiger partial charge is 0.496 e. The summed E-state index contributed by atoms with van der Waals surface area (Å²) in [6.07, 6.45) is 0. The summed E-state index contributed by atoms with van der Waals surface area (Å²) in [5.74, 6) is 0.933. The highest BCUT2D eigenvalue weighted by molar-refractivity contribution is 5.87. The monoisotopic (exact) mass is 259 g/mol. The Morgan fingerprint density at radius 1 is 1.11 bits per heavy atom. The maximum absolute atomic E-state index is 5.46. The van der Waals surface area contributed by atoms with E-state index in [0.717, 1.165) is 32.1 Å². The molecule has 19 heavy (non-hydrogen) atoms. The maximum Gasteiger partial charge on any atom is 0.123 e. The van der Waals surface area contributed by atoms with Gasteiger partial charge >= 0.3 is 0 Å². The molecule has 0 saturated heterocycles. The molecular formula is C16H21NO2. The molecule has 0 aromatic heterocycles. The van der Waals surface area contributed by atoms with Gasteiger partial charge in [0.15, 0.2) is 0 Å². The van der Waals surface area contributed by atoms with Gasteiger partial charge in [0.2, 0.25) is 0 Å². The molecule has 0 aliphatic heterocycles. The zero-order chi connectivity index (χ0) is 13.5. The van der Waals surface area contributed by atoms with Crippen LogP contribution in [-0.2, 0) is 11.3 Å². The zero-order valence-electron chi connectivity index (χ0n) is 11.6. The van der Waals surface area contributed by atoms with E-state index in [-0.39, 0.29) is 0 Å². The lowest BCUT2D eigenvalue weighted by Crippen LogP contribution is -2.19. The van der Waals surface area contributed by atoms with E-state index >= 15 is 0 Å². The quantitative estimate of drug-likeness (QED) is 0.775. The van der Waals surface area contributed by atoms with Crippen molar-refractivity contribution in [2.75, 3.05) is 26.9 Å².